The molecule has 24 heavy (non-hydrogen) atoms. The third kappa shape index (κ3) is 11.1. The number of benzene rings is 1. The number of rotatable bonds is 10. The van der Waals surface area contributed by atoms with E-state index < -0.39 is 0 Å². The molecule has 0 saturated heterocycles. The van der Waals surface area contributed by atoms with Gasteiger partial charge < -0.3 is 20.7 Å². The summed E-state index contributed by atoms with van der Waals surface area (Å²) in [5, 5.41) is 9.18. The predicted octanol–water partition coefficient (Wildman–Crippen LogP) is 2.15. The maximum absolute atomic E-state index is 11.5. The van der Waals surface area contributed by atoms with E-state index in [9.17, 15) is 4.79 Å². The first-order valence-electron chi connectivity index (χ1n) is 8.23. The molecule has 0 unspecified atom stereocenters. The average Bonchev–Trinajstić information content (AvgIpc) is 2.57. The highest BCUT2D eigenvalue weighted by molar-refractivity contribution is 14.0. The molecule has 1 aromatic carbocycles. The molecule has 0 aliphatic heterocycles. The Morgan fingerprint density at radius 3 is 2.50 bits per heavy atom. The van der Waals surface area contributed by atoms with Crippen LogP contribution < -0.4 is 20.7 Å². The van der Waals surface area contributed by atoms with Crippen molar-refractivity contribution in [1.29, 1.82) is 0 Å². The van der Waals surface area contributed by atoms with Gasteiger partial charge in [-0.1, -0.05) is 25.1 Å². The van der Waals surface area contributed by atoms with Crippen molar-refractivity contribution in [3.8, 4) is 5.75 Å². The number of guanidine groups is 1. The number of hydrogen-bond acceptors (Lipinski definition) is 3. The SMILES string of the molecule is CCCNC(=O)CCN=C(NCC)NCCOc1ccccc1.I. The van der Waals surface area contributed by atoms with E-state index in [1.54, 1.807) is 0 Å². The molecule has 7 heteroatoms. The topological polar surface area (TPSA) is 74.8 Å². The number of aliphatic imine (C=N–C) groups is 1. The third-order valence-electron chi connectivity index (χ3n) is 2.93. The molecule has 0 spiro atoms. The van der Waals surface area contributed by atoms with Gasteiger partial charge in [-0.25, -0.2) is 0 Å². The lowest BCUT2D eigenvalue weighted by Crippen LogP contribution is -2.39. The van der Waals surface area contributed by atoms with Crippen LogP contribution in [-0.2, 0) is 4.79 Å². The largest absolute Gasteiger partial charge is 0.492 e. The van der Waals surface area contributed by atoms with Crippen LogP contribution in [0.25, 0.3) is 0 Å². The number of ether oxygens (including phenoxy) is 1. The second kappa shape index (κ2) is 15.0. The molecule has 0 fully saturated rings. The zero-order chi connectivity index (χ0) is 16.8. The molecule has 0 aliphatic carbocycles. The Hall–Kier alpha value is -1.51. The Morgan fingerprint density at radius 2 is 1.83 bits per heavy atom. The number of hydrogen-bond donors (Lipinski definition) is 3. The fourth-order valence-electron chi connectivity index (χ4n) is 1.82. The molecule has 136 valence electrons. The summed E-state index contributed by atoms with van der Waals surface area (Å²) in [6.07, 6.45) is 1.34. The first kappa shape index (κ1) is 22.5. The van der Waals surface area contributed by atoms with Gasteiger partial charge in [0.2, 0.25) is 5.91 Å². The van der Waals surface area contributed by atoms with Gasteiger partial charge in [0.1, 0.15) is 12.4 Å². The number of nitrogens with zero attached hydrogens (tertiary/aromatic N) is 1. The lowest BCUT2D eigenvalue weighted by molar-refractivity contribution is -0.120. The monoisotopic (exact) mass is 448 g/mol. The Morgan fingerprint density at radius 1 is 1.08 bits per heavy atom. The number of amides is 1. The van der Waals surface area contributed by atoms with Crippen LogP contribution in [0.5, 0.6) is 5.75 Å². The Labute approximate surface area is 161 Å². The van der Waals surface area contributed by atoms with Crippen LogP contribution in [-0.4, -0.2) is 44.7 Å². The van der Waals surface area contributed by atoms with Gasteiger partial charge in [0.05, 0.1) is 13.1 Å². The summed E-state index contributed by atoms with van der Waals surface area (Å²) in [7, 11) is 0. The molecular formula is C17H29IN4O2. The standard InChI is InChI=1S/C17H28N4O2.HI/c1-3-11-19-16(22)10-12-20-17(18-4-2)21-13-14-23-15-8-6-5-7-9-15;/h5-9H,3-4,10-14H2,1-2H3,(H,19,22)(H2,18,20,21);1H. The number of carbonyl (C=O) groups excluding carboxylic acids is 1. The van der Waals surface area contributed by atoms with Crippen molar-refractivity contribution >= 4 is 35.8 Å². The van der Waals surface area contributed by atoms with Gasteiger partial charge in [0, 0.05) is 19.5 Å². The Kier molecular flexibility index (Phi) is 14.1. The van der Waals surface area contributed by atoms with Crippen molar-refractivity contribution in [1.82, 2.24) is 16.0 Å². The fraction of sp³-hybridized carbons (Fsp3) is 0.529. The van der Waals surface area contributed by atoms with Gasteiger partial charge in [0.15, 0.2) is 5.96 Å². The number of halogens is 1. The molecule has 0 atom stereocenters. The molecule has 0 saturated carbocycles. The highest BCUT2D eigenvalue weighted by Crippen LogP contribution is 2.07. The summed E-state index contributed by atoms with van der Waals surface area (Å²) in [4.78, 5) is 15.9. The molecule has 3 N–H and O–H groups in total. The summed E-state index contributed by atoms with van der Waals surface area (Å²) in [5.41, 5.74) is 0. The van der Waals surface area contributed by atoms with Gasteiger partial charge in [0.25, 0.3) is 0 Å². The zero-order valence-corrected chi connectivity index (χ0v) is 16.8. The van der Waals surface area contributed by atoms with Gasteiger partial charge in [-0.05, 0) is 25.5 Å². The van der Waals surface area contributed by atoms with E-state index in [0.717, 1.165) is 25.3 Å². The molecular weight excluding hydrogens is 419 g/mol. The van der Waals surface area contributed by atoms with Gasteiger partial charge in [-0.15, -0.1) is 24.0 Å². The predicted molar refractivity (Wildman–Crippen MR) is 109 cm³/mol. The highest BCUT2D eigenvalue weighted by Gasteiger charge is 2.01. The van der Waals surface area contributed by atoms with E-state index in [-0.39, 0.29) is 29.9 Å². The van der Waals surface area contributed by atoms with E-state index >= 15 is 0 Å². The molecule has 0 aromatic heterocycles. The van der Waals surface area contributed by atoms with Gasteiger partial charge in [-0.2, -0.15) is 0 Å². The fourth-order valence-corrected chi connectivity index (χ4v) is 1.82. The summed E-state index contributed by atoms with van der Waals surface area (Å²) in [5.74, 6) is 1.59. The Bertz CT molecular complexity index is 469. The quantitative estimate of drug-likeness (QED) is 0.222. The maximum Gasteiger partial charge on any atom is 0.221 e. The minimum Gasteiger partial charge on any atom is -0.492 e. The van der Waals surface area contributed by atoms with E-state index in [1.807, 2.05) is 44.2 Å². The van der Waals surface area contributed by atoms with Crippen molar-refractivity contribution in [2.45, 2.75) is 26.7 Å². The van der Waals surface area contributed by atoms with Gasteiger partial charge >= 0.3 is 0 Å². The average molecular weight is 448 g/mol. The number of carbonyl (C=O) groups is 1. The molecule has 6 nitrogen and oxygen atoms in total. The smallest absolute Gasteiger partial charge is 0.221 e. The van der Waals surface area contributed by atoms with E-state index in [1.165, 1.54) is 0 Å². The number of nitrogens with one attached hydrogen (secondary N) is 3. The number of para-hydroxylation sites is 1. The first-order chi connectivity index (χ1) is 11.3. The summed E-state index contributed by atoms with van der Waals surface area (Å²) in [6, 6.07) is 9.69. The van der Waals surface area contributed by atoms with E-state index in [2.05, 4.69) is 20.9 Å². The summed E-state index contributed by atoms with van der Waals surface area (Å²) in [6.45, 7) is 7.18. The molecule has 0 radical (unpaired) electrons. The molecule has 1 rings (SSSR count). The van der Waals surface area contributed by atoms with Crippen LogP contribution in [0.4, 0.5) is 0 Å². The van der Waals surface area contributed by atoms with Gasteiger partial charge in [-0.3, -0.25) is 9.79 Å². The van der Waals surface area contributed by atoms with Crippen molar-refractivity contribution in [2.75, 3.05) is 32.8 Å². The van der Waals surface area contributed by atoms with Crippen LogP contribution in [0, 0.1) is 0 Å². The first-order valence-corrected chi connectivity index (χ1v) is 8.23. The normalized spacial score (nSPS) is 10.5. The molecule has 0 aliphatic rings. The molecule has 0 heterocycles. The second-order valence-electron chi connectivity index (χ2n) is 4.95. The van der Waals surface area contributed by atoms with Crippen molar-refractivity contribution in [3.05, 3.63) is 30.3 Å². The maximum atomic E-state index is 11.5. The van der Waals surface area contributed by atoms with Crippen molar-refractivity contribution < 1.29 is 9.53 Å². The van der Waals surface area contributed by atoms with Crippen LogP contribution in [0.15, 0.2) is 35.3 Å². The van der Waals surface area contributed by atoms with Crippen LogP contribution >= 0.6 is 24.0 Å². The lowest BCUT2D eigenvalue weighted by Gasteiger charge is -2.12. The Balaban J connectivity index is 0.00000529. The van der Waals surface area contributed by atoms with Crippen LogP contribution in [0.1, 0.15) is 26.7 Å². The van der Waals surface area contributed by atoms with E-state index in [0.29, 0.717) is 32.1 Å². The minimum atomic E-state index is 0. The third-order valence-corrected chi connectivity index (χ3v) is 2.93. The van der Waals surface area contributed by atoms with Crippen molar-refractivity contribution in [3.63, 3.8) is 0 Å². The zero-order valence-electron chi connectivity index (χ0n) is 14.5. The minimum absolute atomic E-state index is 0. The second-order valence-corrected chi connectivity index (χ2v) is 4.95. The lowest BCUT2D eigenvalue weighted by atomic mass is 10.3. The van der Waals surface area contributed by atoms with Crippen LogP contribution in [0.2, 0.25) is 0 Å². The van der Waals surface area contributed by atoms with E-state index in [4.69, 9.17) is 4.74 Å². The molecule has 1 aromatic rings. The highest BCUT2D eigenvalue weighted by atomic mass is 127. The van der Waals surface area contributed by atoms with Crippen molar-refractivity contribution in [2.24, 2.45) is 4.99 Å². The molecule has 0 bridgehead atoms. The summed E-state index contributed by atoms with van der Waals surface area (Å²) >= 11 is 0. The summed E-state index contributed by atoms with van der Waals surface area (Å²) < 4.78 is 5.61. The molecule has 1 amide bonds. The van der Waals surface area contributed by atoms with Crippen LogP contribution in [0.3, 0.4) is 0 Å².